The van der Waals surface area contributed by atoms with E-state index in [0.29, 0.717) is 21.3 Å². The lowest BCUT2D eigenvalue weighted by Gasteiger charge is -2.10. The minimum Gasteiger partial charge on any atom is -0.497 e. The van der Waals surface area contributed by atoms with E-state index in [1.807, 2.05) is 24.3 Å². The van der Waals surface area contributed by atoms with Crippen molar-refractivity contribution in [2.24, 2.45) is 0 Å². The van der Waals surface area contributed by atoms with E-state index in [2.05, 4.69) is 10.6 Å². The van der Waals surface area contributed by atoms with Crippen molar-refractivity contribution in [1.29, 1.82) is 0 Å². The van der Waals surface area contributed by atoms with Gasteiger partial charge in [0.1, 0.15) is 10.8 Å². The van der Waals surface area contributed by atoms with Crippen molar-refractivity contribution in [3.63, 3.8) is 0 Å². The molecule has 1 aliphatic rings. The fourth-order valence-electron chi connectivity index (χ4n) is 3.56. The normalized spacial score (nSPS) is 12.3. The Bertz CT molecular complexity index is 1080. The van der Waals surface area contributed by atoms with Crippen molar-refractivity contribution in [2.75, 3.05) is 17.7 Å². The van der Waals surface area contributed by atoms with Crippen molar-refractivity contribution in [1.82, 2.24) is 0 Å². The first-order valence-electron chi connectivity index (χ1n) is 9.67. The van der Waals surface area contributed by atoms with Crippen LogP contribution in [0.1, 0.15) is 32.8 Å². The molecule has 0 bridgehead atoms. The fourth-order valence-corrected chi connectivity index (χ4v) is 4.99. The number of thiophene rings is 1. The van der Waals surface area contributed by atoms with Crippen LogP contribution in [0.3, 0.4) is 0 Å². The SMILES string of the molecule is COc1ccc(CC(=O)Nc2sc3c(c2C(=O)Nc2ccc(Cl)cc2)CCC3)cc1. The fraction of sp³-hybridized carbons (Fsp3) is 0.217. The molecule has 5 nitrogen and oxygen atoms in total. The number of ether oxygens (including phenoxy) is 1. The molecule has 2 aromatic carbocycles. The van der Waals surface area contributed by atoms with Crippen LogP contribution in [0.15, 0.2) is 48.5 Å². The highest BCUT2D eigenvalue weighted by atomic mass is 35.5. The van der Waals surface area contributed by atoms with Gasteiger partial charge in [0.2, 0.25) is 5.91 Å². The Morgan fingerprint density at radius 2 is 1.77 bits per heavy atom. The molecular formula is C23H21ClN2O3S. The molecular weight excluding hydrogens is 420 g/mol. The van der Waals surface area contributed by atoms with Crippen LogP contribution >= 0.6 is 22.9 Å². The molecule has 1 heterocycles. The van der Waals surface area contributed by atoms with E-state index in [1.165, 1.54) is 16.2 Å². The second kappa shape index (κ2) is 8.90. The molecule has 0 saturated carbocycles. The number of fused-ring (bicyclic) bond motifs is 1. The zero-order valence-corrected chi connectivity index (χ0v) is 18.0. The highest BCUT2D eigenvalue weighted by molar-refractivity contribution is 7.17. The number of methoxy groups -OCH3 is 1. The Hall–Kier alpha value is -2.83. The van der Waals surface area contributed by atoms with Gasteiger partial charge in [0.25, 0.3) is 5.91 Å². The van der Waals surface area contributed by atoms with E-state index >= 15 is 0 Å². The third kappa shape index (κ3) is 4.50. The van der Waals surface area contributed by atoms with Crippen molar-refractivity contribution < 1.29 is 14.3 Å². The first-order chi connectivity index (χ1) is 14.5. The maximum absolute atomic E-state index is 13.0. The average molecular weight is 441 g/mol. The third-order valence-electron chi connectivity index (χ3n) is 5.03. The molecule has 1 aliphatic carbocycles. The molecule has 0 spiro atoms. The van der Waals surface area contributed by atoms with Gasteiger partial charge in [-0.25, -0.2) is 0 Å². The number of anilines is 2. The number of hydrogen-bond donors (Lipinski definition) is 2. The summed E-state index contributed by atoms with van der Waals surface area (Å²) >= 11 is 7.43. The highest BCUT2D eigenvalue weighted by Crippen LogP contribution is 2.39. The highest BCUT2D eigenvalue weighted by Gasteiger charge is 2.27. The van der Waals surface area contributed by atoms with Crippen molar-refractivity contribution >= 4 is 45.4 Å². The molecule has 1 aromatic heterocycles. The smallest absolute Gasteiger partial charge is 0.258 e. The van der Waals surface area contributed by atoms with E-state index in [0.717, 1.165) is 36.1 Å². The van der Waals surface area contributed by atoms with Gasteiger partial charge in [-0.15, -0.1) is 11.3 Å². The predicted molar refractivity (Wildman–Crippen MR) is 121 cm³/mol. The number of carbonyl (C=O) groups is 2. The Morgan fingerprint density at radius 3 is 2.47 bits per heavy atom. The summed E-state index contributed by atoms with van der Waals surface area (Å²) in [7, 11) is 1.61. The lowest BCUT2D eigenvalue weighted by molar-refractivity contribution is -0.115. The van der Waals surface area contributed by atoms with Gasteiger partial charge in [-0.1, -0.05) is 23.7 Å². The summed E-state index contributed by atoms with van der Waals surface area (Å²) in [6.07, 6.45) is 3.05. The molecule has 0 fully saturated rings. The van der Waals surface area contributed by atoms with E-state index in [9.17, 15) is 9.59 Å². The quantitative estimate of drug-likeness (QED) is 0.544. The van der Waals surface area contributed by atoms with Gasteiger partial charge in [0.15, 0.2) is 0 Å². The third-order valence-corrected chi connectivity index (χ3v) is 6.49. The number of benzene rings is 2. The van der Waals surface area contributed by atoms with Crippen LogP contribution in [0.5, 0.6) is 5.75 Å². The van der Waals surface area contributed by atoms with Crippen molar-refractivity contribution in [3.05, 3.63) is 75.1 Å². The molecule has 2 N–H and O–H groups in total. The van der Waals surface area contributed by atoms with E-state index in [-0.39, 0.29) is 18.2 Å². The summed E-state index contributed by atoms with van der Waals surface area (Å²) < 4.78 is 5.15. The maximum Gasteiger partial charge on any atom is 0.258 e. The number of amides is 2. The number of nitrogens with one attached hydrogen (secondary N) is 2. The van der Waals surface area contributed by atoms with Gasteiger partial charge in [-0.2, -0.15) is 0 Å². The number of aryl methyl sites for hydroxylation is 1. The molecule has 4 rings (SSSR count). The minimum atomic E-state index is -0.212. The molecule has 7 heteroatoms. The first-order valence-corrected chi connectivity index (χ1v) is 10.9. The molecule has 0 radical (unpaired) electrons. The largest absolute Gasteiger partial charge is 0.497 e. The van der Waals surface area contributed by atoms with Crippen molar-refractivity contribution in [2.45, 2.75) is 25.7 Å². The summed E-state index contributed by atoms with van der Waals surface area (Å²) in [6, 6.07) is 14.4. The molecule has 30 heavy (non-hydrogen) atoms. The average Bonchev–Trinajstić information content (AvgIpc) is 3.31. The van der Waals surface area contributed by atoms with Gasteiger partial charge in [-0.3, -0.25) is 9.59 Å². The first kappa shape index (κ1) is 20.4. The molecule has 154 valence electrons. The molecule has 3 aromatic rings. The van der Waals surface area contributed by atoms with Crippen LogP contribution < -0.4 is 15.4 Å². The summed E-state index contributed by atoms with van der Waals surface area (Å²) in [6.45, 7) is 0. The van der Waals surface area contributed by atoms with Crippen LogP contribution in [-0.4, -0.2) is 18.9 Å². The van der Waals surface area contributed by atoms with Crippen LogP contribution in [0.4, 0.5) is 10.7 Å². The number of rotatable bonds is 6. The lowest BCUT2D eigenvalue weighted by atomic mass is 10.1. The summed E-state index contributed by atoms with van der Waals surface area (Å²) in [4.78, 5) is 26.9. The van der Waals surface area contributed by atoms with Gasteiger partial charge in [-0.05, 0) is 66.8 Å². The number of carbonyl (C=O) groups excluding carboxylic acids is 2. The number of hydrogen-bond acceptors (Lipinski definition) is 4. The molecule has 0 unspecified atom stereocenters. The predicted octanol–water partition coefficient (Wildman–Crippen LogP) is 5.33. The zero-order chi connectivity index (χ0) is 21.1. The Morgan fingerprint density at radius 1 is 1.03 bits per heavy atom. The van der Waals surface area contributed by atoms with E-state index in [1.54, 1.807) is 31.4 Å². The maximum atomic E-state index is 13.0. The second-order valence-electron chi connectivity index (χ2n) is 7.10. The topological polar surface area (TPSA) is 67.4 Å². The van der Waals surface area contributed by atoms with Gasteiger partial charge in [0, 0.05) is 15.6 Å². The monoisotopic (exact) mass is 440 g/mol. The molecule has 0 aliphatic heterocycles. The summed E-state index contributed by atoms with van der Waals surface area (Å²) in [5.74, 6) is 0.382. The molecule has 0 saturated heterocycles. The Balaban J connectivity index is 1.52. The van der Waals surface area contributed by atoms with Crippen LogP contribution in [0.2, 0.25) is 5.02 Å². The summed E-state index contributed by atoms with van der Waals surface area (Å²) in [5, 5.41) is 7.10. The van der Waals surface area contributed by atoms with E-state index < -0.39 is 0 Å². The van der Waals surface area contributed by atoms with Gasteiger partial charge < -0.3 is 15.4 Å². The Labute approximate surface area is 184 Å². The Kier molecular flexibility index (Phi) is 6.06. The number of halogens is 1. The van der Waals surface area contributed by atoms with Crippen LogP contribution in [0.25, 0.3) is 0 Å². The minimum absolute atomic E-state index is 0.152. The summed E-state index contributed by atoms with van der Waals surface area (Å²) in [5.41, 5.74) is 3.17. The van der Waals surface area contributed by atoms with Crippen LogP contribution in [0, 0.1) is 0 Å². The van der Waals surface area contributed by atoms with Crippen LogP contribution in [-0.2, 0) is 24.1 Å². The lowest BCUT2D eigenvalue weighted by Crippen LogP contribution is -2.19. The molecule has 2 amide bonds. The van der Waals surface area contributed by atoms with E-state index in [4.69, 9.17) is 16.3 Å². The second-order valence-corrected chi connectivity index (χ2v) is 8.64. The standard InChI is InChI=1S/C23H21ClN2O3S/c1-29-17-11-5-14(6-12-17)13-20(27)26-23-21(18-3-2-4-19(18)30-23)22(28)25-16-9-7-15(24)8-10-16/h5-12H,2-4,13H2,1H3,(H,25,28)(H,26,27). The van der Waals surface area contributed by atoms with Crippen molar-refractivity contribution in [3.8, 4) is 5.75 Å². The zero-order valence-electron chi connectivity index (χ0n) is 16.5. The van der Waals surface area contributed by atoms with Gasteiger partial charge >= 0.3 is 0 Å². The molecule has 0 atom stereocenters. The van der Waals surface area contributed by atoms with Gasteiger partial charge in [0.05, 0.1) is 19.1 Å².